The first-order chi connectivity index (χ1) is 11.8. The van der Waals surface area contributed by atoms with Gasteiger partial charge in [-0.15, -0.1) is 0 Å². The van der Waals surface area contributed by atoms with Crippen LogP contribution in [0.1, 0.15) is 80.1 Å². The van der Waals surface area contributed by atoms with Crippen molar-refractivity contribution in [2.45, 2.75) is 92.3 Å². The van der Waals surface area contributed by atoms with E-state index >= 15 is 0 Å². The molecule has 0 amide bonds. The van der Waals surface area contributed by atoms with E-state index in [-0.39, 0.29) is 36.6 Å². The minimum atomic E-state index is -1.03. The van der Waals surface area contributed by atoms with Gasteiger partial charge in [-0.25, -0.2) is 0 Å². The van der Waals surface area contributed by atoms with E-state index in [1.807, 2.05) is 13.8 Å². The summed E-state index contributed by atoms with van der Waals surface area (Å²) in [5.41, 5.74) is 0. The average molecular weight is 380 g/mol. The molecular formula is C18H36O8. The number of carboxylic acids is 2. The first-order valence-corrected chi connectivity index (χ1v) is 8.63. The minimum Gasteiger partial charge on any atom is -0.481 e. The van der Waals surface area contributed by atoms with Gasteiger partial charge in [0, 0.05) is 25.0 Å². The number of aliphatic carboxylic acids is 2. The largest absolute Gasteiger partial charge is 0.481 e. The Labute approximate surface area is 156 Å². The van der Waals surface area contributed by atoms with Gasteiger partial charge in [-0.1, -0.05) is 13.8 Å². The fraction of sp³-hybridized carbons (Fsp3) is 0.778. The van der Waals surface area contributed by atoms with Crippen LogP contribution in [0.3, 0.4) is 0 Å². The molecule has 0 aromatic carbocycles. The van der Waals surface area contributed by atoms with Gasteiger partial charge in [-0.05, 0) is 40.5 Å². The molecule has 8 heteroatoms. The quantitative estimate of drug-likeness (QED) is 0.469. The van der Waals surface area contributed by atoms with E-state index in [4.69, 9.17) is 20.4 Å². The third-order valence-corrected chi connectivity index (χ3v) is 1.75. The zero-order valence-corrected chi connectivity index (χ0v) is 16.8. The van der Waals surface area contributed by atoms with Gasteiger partial charge in [0.15, 0.2) is 0 Å². The molecule has 0 aromatic heterocycles. The zero-order chi connectivity index (χ0) is 21.7. The number of rotatable bonds is 8. The van der Waals surface area contributed by atoms with Crippen LogP contribution in [0.15, 0.2) is 0 Å². The molecule has 0 unspecified atom stereocenters. The summed E-state index contributed by atoms with van der Waals surface area (Å²) < 4.78 is 0. The van der Waals surface area contributed by atoms with Crippen LogP contribution in [0.2, 0.25) is 0 Å². The highest BCUT2D eigenvalue weighted by Gasteiger charge is 2.05. The lowest BCUT2D eigenvalue weighted by atomic mass is 10.2. The molecule has 0 aliphatic rings. The zero-order valence-electron chi connectivity index (χ0n) is 16.8. The predicted molar refractivity (Wildman–Crippen MR) is 99.0 cm³/mol. The number of carboxylic acid groups (broad SMARTS) is 2. The van der Waals surface area contributed by atoms with E-state index in [2.05, 4.69) is 0 Å². The van der Waals surface area contributed by atoms with Gasteiger partial charge in [0.1, 0.15) is 24.4 Å². The van der Waals surface area contributed by atoms with Gasteiger partial charge in [-0.3, -0.25) is 19.2 Å². The molecule has 0 aromatic rings. The summed E-state index contributed by atoms with van der Waals surface area (Å²) in [7, 11) is 0. The van der Waals surface area contributed by atoms with Crippen molar-refractivity contribution in [2.24, 2.45) is 0 Å². The Morgan fingerprint density at radius 2 is 0.846 bits per heavy atom. The molecule has 26 heavy (non-hydrogen) atoms. The SMILES string of the molecule is CC(C)O.CC(C)O.CCCC(=O)CC(=O)O.CCCC(=O)CC(=O)O. The van der Waals surface area contributed by atoms with E-state index in [0.717, 1.165) is 12.8 Å². The second-order valence-corrected chi connectivity index (χ2v) is 5.91. The molecule has 0 heterocycles. The Morgan fingerprint density at radius 3 is 0.962 bits per heavy atom. The fourth-order valence-corrected chi connectivity index (χ4v) is 1.07. The Bertz CT molecular complexity index is 334. The van der Waals surface area contributed by atoms with Gasteiger partial charge in [0.2, 0.25) is 0 Å². The minimum absolute atomic E-state index is 0.167. The summed E-state index contributed by atoms with van der Waals surface area (Å²) >= 11 is 0. The fourth-order valence-electron chi connectivity index (χ4n) is 1.07. The summed E-state index contributed by atoms with van der Waals surface area (Å²) in [6.07, 6.45) is 1.23. The molecule has 0 rings (SSSR count). The molecule has 0 spiro atoms. The van der Waals surface area contributed by atoms with Crippen molar-refractivity contribution in [2.75, 3.05) is 0 Å². The number of hydrogen-bond acceptors (Lipinski definition) is 6. The van der Waals surface area contributed by atoms with Crippen molar-refractivity contribution in [1.82, 2.24) is 0 Å². The molecule has 4 N–H and O–H groups in total. The lowest BCUT2D eigenvalue weighted by molar-refractivity contribution is -0.141. The van der Waals surface area contributed by atoms with Crippen LogP contribution in [0.4, 0.5) is 0 Å². The van der Waals surface area contributed by atoms with Crippen LogP contribution >= 0.6 is 0 Å². The van der Waals surface area contributed by atoms with Crippen molar-refractivity contribution in [3.05, 3.63) is 0 Å². The molecule has 8 nitrogen and oxygen atoms in total. The van der Waals surface area contributed by atoms with Crippen LogP contribution in [0, 0.1) is 0 Å². The van der Waals surface area contributed by atoms with Crippen LogP contribution in [0.5, 0.6) is 0 Å². The van der Waals surface area contributed by atoms with Crippen molar-refractivity contribution in [3.8, 4) is 0 Å². The maximum absolute atomic E-state index is 10.5. The lowest BCUT2D eigenvalue weighted by Gasteiger charge is -1.90. The Morgan fingerprint density at radius 1 is 0.654 bits per heavy atom. The molecule has 156 valence electrons. The Hall–Kier alpha value is -1.80. The van der Waals surface area contributed by atoms with Crippen LogP contribution in [-0.2, 0) is 19.2 Å². The molecule has 0 aliphatic heterocycles. The van der Waals surface area contributed by atoms with E-state index in [9.17, 15) is 19.2 Å². The van der Waals surface area contributed by atoms with Crippen LogP contribution in [0.25, 0.3) is 0 Å². The number of carbonyl (C=O) groups excluding carboxylic acids is 2. The third kappa shape index (κ3) is 67.0. The maximum atomic E-state index is 10.5. The molecule has 0 radical (unpaired) electrons. The lowest BCUT2D eigenvalue weighted by Crippen LogP contribution is -2.05. The maximum Gasteiger partial charge on any atom is 0.310 e. The number of Topliss-reactive ketones (excluding diaryl/α,β-unsaturated/α-hetero) is 2. The Balaban J connectivity index is -0.000000134. The molecule has 0 atom stereocenters. The van der Waals surface area contributed by atoms with Gasteiger partial charge in [0.05, 0.1) is 0 Å². The molecule has 0 saturated carbocycles. The van der Waals surface area contributed by atoms with E-state index in [1.54, 1.807) is 27.7 Å². The van der Waals surface area contributed by atoms with Gasteiger partial charge in [0.25, 0.3) is 0 Å². The molecule has 0 fully saturated rings. The second-order valence-electron chi connectivity index (χ2n) is 5.91. The van der Waals surface area contributed by atoms with Crippen molar-refractivity contribution < 1.29 is 39.6 Å². The molecular weight excluding hydrogens is 344 g/mol. The monoisotopic (exact) mass is 380 g/mol. The normalized spacial score (nSPS) is 9.00. The van der Waals surface area contributed by atoms with Gasteiger partial charge >= 0.3 is 11.9 Å². The van der Waals surface area contributed by atoms with Crippen molar-refractivity contribution >= 4 is 23.5 Å². The number of ketones is 2. The summed E-state index contributed by atoms with van der Waals surface area (Å²) in [6.45, 7) is 10.6. The molecule has 0 aliphatic carbocycles. The second kappa shape index (κ2) is 23.2. The first kappa shape index (κ1) is 31.9. The number of carbonyl (C=O) groups is 4. The Kier molecular flexibility index (Phi) is 28.5. The van der Waals surface area contributed by atoms with Crippen LogP contribution in [-0.4, -0.2) is 56.1 Å². The van der Waals surface area contributed by atoms with Gasteiger partial charge in [-0.2, -0.15) is 0 Å². The topological polar surface area (TPSA) is 149 Å². The summed E-state index contributed by atoms with van der Waals surface area (Å²) in [6, 6.07) is 0. The average Bonchev–Trinajstić information content (AvgIpc) is 2.36. The molecule has 0 bridgehead atoms. The smallest absolute Gasteiger partial charge is 0.310 e. The van der Waals surface area contributed by atoms with Gasteiger partial charge < -0.3 is 20.4 Å². The van der Waals surface area contributed by atoms with E-state index in [1.165, 1.54) is 0 Å². The van der Waals surface area contributed by atoms with E-state index < -0.39 is 11.9 Å². The standard InChI is InChI=1S/2C6H10O3.2C3H8O/c2*1-2-3-5(7)4-6(8)9;2*1-3(2)4/h2*2-4H2,1H3,(H,8,9);2*3-4H,1-2H3. The highest BCUT2D eigenvalue weighted by atomic mass is 16.4. The van der Waals surface area contributed by atoms with Crippen molar-refractivity contribution in [3.63, 3.8) is 0 Å². The summed E-state index contributed by atoms with van der Waals surface area (Å²) in [4.78, 5) is 40.7. The highest BCUT2D eigenvalue weighted by Crippen LogP contribution is 1.93. The first-order valence-electron chi connectivity index (χ1n) is 8.63. The number of aliphatic hydroxyl groups is 2. The summed E-state index contributed by atoms with van der Waals surface area (Å²) in [5, 5.41) is 32.3. The van der Waals surface area contributed by atoms with Crippen molar-refractivity contribution in [1.29, 1.82) is 0 Å². The molecule has 0 saturated heterocycles. The highest BCUT2D eigenvalue weighted by molar-refractivity contribution is 5.95. The number of aliphatic hydroxyl groups excluding tert-OH is 2. The predicted octanol–water partition coefficient (Wildman–Crippen LogP) is 2.43. The van der Waals surface area contributed by atoms with Crippen LogP contribution < -0.4 is 0 Å². The number of hydrogen-bond donors (Lipinski definition) is 4. The summed E-state index contributed by atoms with van der Waals surface area (Å²) in [5.74, 6) is -2.45. The van der Waals surface area contributed by atoms with E-state index in [0.29, 0.717) is 12.8 Å². The third-order valence-electron chi connectivity index (χ3n) is 1.75.